The molecule has 5 nitrogen and oxygen atoms in total. The topological polar surface area (TPSA) is 75.8 Å². The number of anilines is 1. The lowest BCUT2D eigenvalue weighted by molar-refractivity contribution is 0.0610. The second-order valence-corrected chi connectivity index (χ2v) is 5.79. The number of carboxylic acids is 1. The zero-order valence-corrected chi connectivity index (χ0v) is 11.6. The molecule has 0 radical (unpaired) electrons. The summed E-state index contributed by atoms with van der Waals surface area (Å²) in [5.74, 6) is -0.669. The summed E-state index contributed by atoms with van der Waals surface area (Å²) in [6.07, 6.45) is 4.36. The molecule has 0 amide bonds. The van der Waals surface area contributed by atoms with Crippen molar-refractivity contribution in [3.63, 3.8) is 0 Å². The van der Waals surface area contributed by atoms with E-state index in [0.29, 0.717) is 23.5 Å². The molecular formula is C15H20N2O3. The van der Waals surface area contributed by atoms with Gasteiger partial charge in [0.25, 0.3) is 0 Å². The Hall–Kier alpha value is -1.75. The molecule has 0 aliphatic carbocycles. The van der Waals surface area contributed by atoms with Gasteiger partial charge in [-0.15, -0.1) is 0 Å². The summed E-state index contributed by atoms with van der Waals surface area (Å²) in [7, 11) is 2.16. The lowest BCUT2D eigenvalue weighted by Crippen LogP contribution is -2.44. The Morgan fingerprint density at radius 3 is 2.60 bits per heavy atom. The number of nitrogens with zero attached hydrogens (tertiary/aromatic N) is 1. The number of ether oxygens (including phenoxy) is 1. The van der Waals surface area contributed by atoms with Crippen LogP contribution in [0.15, 0.2) is 18.2 Å². The minimum Gasteiger partial charge on any atom is -0.487 e. The molecule has 2 heterocycles. The van der Waals surface area contributed by atoms with Gasteiger partial charge in [-0.1, -0.05) is 6.07 Å². The van der Waals surface area contributed by atoms with Gasteiger partial charge in [0.2, 0.25) is 0 Å². The number of piperidine rings is 1. The number of rotatable bonds is 3. The number of fused-ring (bicyclic) bond motifs is 2. The maximum Gasteiger partial charge on any atom is 0.339 e. The molecule has 20 heavy (non-hydrogen) atoms. The quantitative estimate of drug-likeness (QED) is 0.825. The third kappa shape index (κ3) is 2.22. The predicted molar refractivity (Wildman–Crippen MR) is 76.0 cm³/mol. The number of carboxylic acid groups (broad SMARTS) is 1. The monoisotopic (exact) mass is 276 g/mol. The SMILES string of the molecule is CN1C2CCC1CC(Oc1c(N)cccc1C(=O)O)C2. The summed E-state index contributed by atoms with van der Waals surface area (Å²) < 4.78 is 5.98. The van der Waals surface area contributed by atoms with Gasteiger partial charge < -0.3 is 20.5 Å². The van der Waals surface area contributed by atoms with Crippen LogP contribution < -0.4 is 10.5 Å². The molecule has 108 valence electrons. The Balaban J connectivity index is 1.80. The molecule has 0 aromatic heterocycles. The molecule has 1 aromatic carbocycles. The van der Waals surface area contributed by atoms with Gasteiger partial charge in [0.05, 0.1) is 5.69 Å². The molecule has 2 unspecified atom stereocenters. The van der Waals surface area contributed by atoms with Crippen LogP contribution in [0.25, 0.3) is 0 Å². The first kappa shape index (κ1) is 13.2. The zero-order valence-electron chi connectivity index (χ0n) is 11.6. The van der Waals surface area contributed by atoms with Crippen molar-refractivity contribution < 1.29 is 14.6 Å². The normalized spacial score (nSPS) is 29.4. The van der Waals surface area contributed by atoms with Gasteiger partial charge in [-0.3, -0.25) is 0 Å². The summed E-state index contributed by atoms with van der Waals surface area (Å²) in [6.45, 7) is 0. The second kappa shape index (κ2) is 4.98. The van der Waals surface area contributed by atoms with Crippen molar-refractivity contribution in [2.24, 2.45) is 0 Å². The summed E-state index contributed by atoms with van der Waals surface area (Å²) in [6, 6.07) is 5.97. The summed E-state index contributed by atoms with van der Waals surface area (Å²) in [5.41, 5.74) is 6.44. The van der Waals surface area contributed by atoms with Crippen molar-refractivity contribution in [1.29, 1.82) is 0 Å². The number of hydrogen-bond acceptors (Lipinski definition) is 4. The minimum atomic E-state index is -0.997. The molecule has 2 aliphatic heterocycles. The van der Waals surface area contributed by atoms with Gasteiger partial charge in [-0.25, -0.2) is 4.79 Å². The van der Waals surface area contributed by atoms with Crippen LogP contribution in [0.3, 0.4) is 0 Å². The Bertz CT molecular complexity index is 518. The van der Waals surface area contributed by atoms with Gasteiger partial charge in [-0.05, 0) is 44.9 Å². The van der Waals surface area contributed by atoms with Crippen LogP contribution in [-0.2, 0) is 0 Å². The highest BCUT2D eigenvalue weighted by Gasteiger charge is 2.39. The molecule has 3 N–H and O–H groups in total. The van der Waals surface area contributed by atoms with Crippen molar-refractivity contribution >= 4 is 11.7 Å². The number of benzene rings is 1. The average molecular weight is 276 g/mol. The smallest absolute Gasteiger partial charge is 0.339 e. The Labute approximate surface area is 118 Å². The van der Waals surface area contributed by atoms with Gasteiger partial charge in [0.1, 0.15) is 11.7 Å². The molecule has 3 rings (SSSR count). The molecule has 2 aliphatic rings. The minimum absolute atomic E-state index is 0.0616. The zero-order chi connectivity index (χ0) is 14.3. The van der Waals surface area contributed by atoms with E-state index < -0.39 is 5.97 Å². The third-order valence-electron chi connectivity index (χ3n) is 4.62. The van der Waals surface area contributed by atoms with Crippen molar-refractivity contribution in [2.75, 3.05) is 12.8 Å². The number of para-hydroxylation sites is 1. The van der Waals surface area contributed by atoms with Crippen LogP contribution in [0.4, 0.5) is 5.69 Å². The standard InChI is InChI=1S/C15H20N2O3/c1-17-9-5-6-10(17)8-11(7-9)20-14-12(15(18)19)3-2-4-13(14)16/h2-4,9-11H,5-8,16H2,1H3,(H,18,19). The number of aromatic carboxylic acids is 1. The summed E-state index contributed by atoms with van der Waals surface area (Å²) in [5, 5.41) is 9.23. The van der Waals surface area contributed by atoms with E-state index in [4.69, 9.17) is 10.5 Å². The van der Waals surface area contributed by atoms with Crippen LogP contribution in [0.5, 0.6) is 5.75 Å². The van der Waals surface area contributed by atoms with Crippen molar-refractivity contribution in [3.8, 4) is 5.75 Å². The Kier molecular flexibility index (Phi) is 3.30. The number of nitrogen functional groups attached to an aromatic ring is 1. The lowest BCUT2D eigenvalue weighted by atomic mass is 10.0. The van der Waals surface area contributed by atoms with E-state index in [1.165, 1.54) is 18.9 Å². The lowest BCUT2D eigenvalue weighted by Gasteiger charge is -2.36. The van der Waals surface area contributed by atoms with Crippen molar-refractivity contribution in [1.82, 2.24) is 4.90 Å². The van der Waals surface area contributed by atoms with E-state index in [-0.39, 0.29) is 11.7 Å². The van der Waals surface area contributed by atoms with Crippen LogP contribution in [0, 0.1) is 0 Å². The molecule has 1 aromatic rings. The van der Waals surface area contributed by atoms with Crippen molar-refractivity contribution in [3.05, 3.63) is 23.8 Å². The predicted octanol–water partition coefficient (Wildman–Crippen LogP) is 1.97. The molecule has 5 heteroatoms. The molecule has 0 saturated carbocycles. The fraction of sp³-hybridized carbons (Fsp3) is 0.533. The average Bonchev–Trinajstić information content (AvgIpc) is 2.63. The van der Waals surface area contributed by atoms with E-state index >= 15 is 0 Å². The molecule has 2 bridgehead atoms. The van der Waals surface area contributed by atoms with Crippen LogP contribution in [0.2, 0.25) is 0 Å². The first-order chi connectivity index (χ1) is 9.56. The summed E-state index contributed by atoms with van der Waals surface area (Å²) in [4.78, 5) is 13.7. The number of carbonyl (C=O) groups is 1. The second-order valence-electron chi connectivity index (χ2n) is 5.79. The summed E-state index contributed by atoms with van der Waals surface area (Å²) >= 11 is 0. The molecular weight excluding hydrogens is 256 g/mol. The first-order valence-electron chi connectivity index (χ1n) is 7.06. The van der Waals surface area contributed by atoms with E-state index in [9.17, 15) is 9.90 Å². The van der Waals surface area contributed by atoms with Crippen LogP contribution >= 0.6 is 0 Å². The van der Waals surface area contributed by atoms with Gasteiger partial charge in [0.15, 0.2) is 5.75 Å². The van der Waals surface area contributed by atoms with Crippen molar-refractivity contribution in [2.45, 2.75) is 43.9 Å². The third-order valence-corrected chi connectivity index (χ3v) is 4.62. The van der Waals surface area contributed by atoms with Crippen LogP contribution in [-0.4, -0.2) is 41.2 Å². The van der Waals surface area contributed by atoms with E-state index in [2.05, 4.69) is 11.9 Å². The van der Waals surface area contributed by atoms with E-state index in [1.807, 2.05) is 0 Å². The Morgan fingerprint density at radius 2 is 2.00 bits per heavy atom. The van der Waals surface area contributed by atoms with E-state index in [0.717, 1.165) is 12.8 Å². The number of nitrogens with two attached hydrogens (primary N) is 1. The fourth-order valence-electron chi connectivity index (χ4n) is 3.48. The largest absolute Gasteiger partial charge is 0.487 e. The first-order valence-corrected chi connectivity index (χ1v) is 7.06. The van der Waals surface area contributed by atoms with Gasteiger partial charge in [-0.2, -0.15) is 0 Å². The van der Waals surface area contributed by atoms with Crippen LogP contribution in [0.1, 0.15) is 36.0 Å². The Morgan fingerprint density at radius 1 is 1.35 bits per heavy atom. The molecule has 2 atom stereocenters. The fourth-order valence-corrected chi connectivity index (χ4v) is 3.48. The van der Waals surface area contributed by atoms with Gasteiger partial charge in [0, 0.05) is 12.1 Å². The highest BCUT2D eigenvalue weighted by atomic mass is 16.5. The van der Waals surface area contributed by atoms with E-state index in [1.54, 1.807) is 12.1 Å². The maximum atomic E-state index is 11.3. The molecule has 2 saturated heterocycles. The van der Waals surface area contributed by atoms with Gasteiger partial charge >= 0.3 is 5.97 Å². The number of hydrogen-bond donors (Lipinski definition) is 2. The molecule has 0 spiro atoms. The maximum absolute atomic E-state index is 11.3. The highest BCUT2D eigenvalue weighted by Crippen LogP contribution is 2.37. The highest BCUT2D eigenvalue weighted by molar-refractivity contribution is 5.93. The molecule has 2 fully saturated rings.